The Morgan fingerprint density at radius 3 is 2.93 bits per heavy atom. The average molecular weight is 256 g/mol. The molecule has 72 valence electrons. The fourth-order valence-corrected chi connectivity index (χ4v) is 1.71. The van der Waals surface area contributed by atoms with Crippen molar-refractivity contribution in [3.8, 4) is 0 Å². The number of aryl methyl sites for hydroxylation is 1. The van der Waals surface area contributed by atoms with Crippen molar-refractivity contribution in [1.29, 1.82) is 0 Å². The molecule has 14 heavy (non-hydrogen) atoms. The third-order valence-corrected chi connectivity index (χ3v) is 2.61. The number of nitrogens with zero attached hydrogens (tertiary/aromatic N) is 2. The van der Waals surface area contributed by atoms with Gasteiger partial charge >= 0.3 is 5.69 Å². The monoisotopic (exact) mass is 255 g/mol. The lowest BCUT2D eigenvalue weighted by Gasteiger charge is -2.02. The maximum atomic E-state index is 11.4. The van der Waals surface area contributed by atoms with E-state index in [-0.39, 0.29) is 0 Å². The van der Waals surface area contributed by atoms with Gasteiger partial charge < -0.3 is 0 Å². The third kappa shape index (κ3) is 1.19. The first kappa shape index (κ1) is 9.14. The second kappa shape index (κ2) is 3.06. The molecule has 0 bridgehead atoms. The molecule has 0 radical (unpaired) electrons. The molecule has 6 heteroatoms. The SMILES string of the molecule is Cn1c(=O)[nH]c(=O)c2c(Br)ccnc21. The van der Waals surface area contributed by atoms with Crippen molar-refractivity contribution in [1.82, 2.24) is 14.5 Å². The minimum atomic E-state index is -0.465. The Labute approximate surface area is 86.5 Å². The van der Waals surface area contributed by atoms with E-state index < -0.39 is 11.2 Å². The van der Waals surface area contributed by atoms with Gasteiger partial charge in [0.2, 0.25) is 0 Å². The molecule has 0 unspecified atom stereocenters. The summed E-state index contributed by atoms with van der Waals surface area (Å²) in [6.07, 6.45) is 1.53. The van der Waals surface area contributed by atoms with Crippen molar-refractivity contribution in [2.75, 3.05) is 0 Å². The van der Waals surface area contributed by atoms with E-state index in [1.54, 1.807) is 13.1 Å². The van der Waals surface area contributed by atoms with Crippen LogP contribution in [0.5, 0.6) is 0 Å². The summed E-state index contributed by atoms with van der Waals surface area (Å²) in [5.41, 5.74) is -0.524. The number of rotatable bonds is 0. The average Bonchev–Trinajstić information content (AvgIpc) is 2.14. The van der Waals surface area contributed by atoms with Crippen molar-refractivity contribution < 1.29 is 0 Å². The normalized spacial score (nSPS) is 10.7. The molecule has 1 N–H and O–H groups in total. The predicted octanol–water partition coefficient (Wildman–Crippen LogP) is 0.384. The quantitative estimate of drug-likeness (QED) is 0.741. The minimum absolute atomic E-state index is 0.369. The Morgan fingerprint density at radius 1 is 1.50 bits per heavy atom. The summed E-state index contributed by atoms with van der Waals surface area (Å²) in [6, 6.07) is 1.65. The van der Waals surface area contributed by atoms with Crippen LogP contribution >= 0.6 is 15.9 Å². The van der Waals surface area contributed by atoms with E-state index in [1.807, 2.05) is 0 Å². The molecule has 0 aliphatic heterocycles. The molecule has 0 aliphatic rings. The number of aromatic nitrogens is 3. The van der Waals surface area contributed by atoms with E-state index in [0.717, 1.165) is 0 Å². The van der Waals surface area contributed by atoms with E-state index >= 15 is 0 Å². The van der Waals surface area contributed by atoms with Gasteiger partial charge in [-0.1, -0.05) is 0 Å². The highest BCUT2D eigenvalue weighted by Gasteiger charge is 2.07. The maximum Gasteiger partial charge on any atom is 0.329 e. The summed E-state index contributed by atoms with van der Waals surface area (Å²) in [4.78, 5) is 28.8. The first-order valence-corrected chi connectivity index (χ1v) is 4.64. The van der Waals surface area contributed by atoms with Crippen LogP contribution in [0.25, 0.3) is 11.0 Å². The molecule has 2 heterocycles. The number of nitrogens with one attached hydrogen (secondary N) is 1. The Balaban J connectivity index is 3.18. The van der Waals surface area contributed by atoms with Crippen molar-refractivity contribution in [2.24, 2.45) is 7.05 Å². The predicted molar refractivity (Wildman–Crippen MR) is 55.3 cm³/mol. The van der Waals surface area contributed by atoms with Crippen molar-refractivity contribution >= 4 is 27.0 Å². The second-order valence-electron chi connectivity index (χ2n) is 2.81. The number of hydrogen-bond donors (Lipinski definition) is 1. The zero-order valence-corrected chi connectivity index (χ0v) is 8.83. The van der Waals surface area contributed by atoms with Gasteiger partial charge in [0.25, 0.3) is 5.56 Å². The maximum absolute atomic E-state index is 11.4. The molecule has 0 fully saturated rings. The van der Waals surface area contributed by atoms with Crippen LogP contribution in [0.3, 0.4) is 0 Å². The molecule has 0 spiro atoms. The molecular formula is C8H6BrN3O2. The number of halogens is 1. The summed E-state index contributed by atoms with van der Waals surface area (Å²) in [5.74, 6) is 0. The Kier molecular flexibility index (Phi) is 1.99. The minimum Gasteiger partial charge on any atom is -0.281 e. The molecule has 5 nitrogen and oxygen atoms in total. The summed E-state index contributed by atoms with van der Waals surface area (Å²) >= 11 is 3.23. The van der Waals surface area contributed by atoms with Crippen molar-refractivity contribution in [3.05, 3.63) is 37.6 Å². The topological polar surface area (TPSA) is 67.8 Å². The van der Waals surface area contributed by atoms with Gasteiger partial charge in [-0.05, 0) is 22.0 Å². The number of H-pyrrole nitrogens is 1. The van der Waals surface area contributed by atoms with Gasteiger partial charge in [-0.15, -0.1) is 0 Å². The first-order valence-electron chi connectivity index (χ1n) is 3.85. The fraction of sp³-hybridized carbons (Fsp3) is 0.125. The van der Waals surface area contributed by atoms with Crippen LogP contribution in [-0.4, -0.2) is 14.5 Å². The van der Waals surface area contributed by atoms with Crippen LogP contribution < -0.4 is 11.2 Å². The van der Waals surface area contributed by atoms with Crippen molar-refractivity contribution in [3.63, 3.8) is 0 Å². The van der Waals surface area contributed by atoms with Crippen LogP contribution in [0.15, 0.2) is 26.3 Å². The van der Waals surface area contributed by atoms with Gasteiger partial charge in [-0.25, -0.2) is 9.78 Å². The molecule has 2 aromatic heterocycles. The Morgan fingerprint density at radius 2 is 2.21 bits per heavy atom. The van der Waals surface area contributed by atoms with E-state index in [2.05, 4.69) is 25.9 Å². The molecule has 0 aromatic carbocycles. The van der Waals surface area contributed by atoms with Crippen molar-refractivity contribution in [2.45, 2.75) is 0 Å². The highest BCUT2D eigenvalue weighted by atomic mass is 79.9. The molecule has 0 aliphatic carbocycles. The molecule has 0 atom stereocenters. The lowest BCUT2D eigenvalue weighted by Crippen LogP contribution is -2.29. The Hall–Kier alpha value is -1.43. The molecule has 2 rings (SSSR count). The highest BCUT2D eigenvalue weighted by Crippen LogP contribution is 2.15. The van der Waals surface area contributed by atoms with Crippen LogP contribution in [0, 0.1) is 0 Å². The largest absolute Gasteiger partial charge is 0.329 e. The molecule has 0 saturated carbocycles. The summed E-state index contributed by atoms with van der Waals surface area (Å²) in [5, 5.41) is 0.384. The van der Waals surface area contributed by atoms with E-state index in [9.17, 15) is 9.59 Å². The van der Waals surface area contributed by atoms with Crippen LogP contribution in [0.2, 0.25) is 0 Å². The Bertz CT molecular complexity index is 614. The third-order valence-electron chi connectivity index (χ3n) is 1.95. The van der Waals surface area contributed by atoms with Gasteiger partial charge in [-0.3, -0.25) is 14.3 Å². The number of aromatic amines is 1. The summed E-state index contributed by atoms with van der Waals surface area (Å²) < 4.78 is 1.92. The number of hydrogen-bond acceptors (Lipinski definition) is 3. The standard InChI is InChI=1S/C8H6BrN3O2/c1-12-6-5(4(9)2-3-10-6)7(13)11-8(12)14/h2-3H,1H3,(H,11,13,14). The fourth-order valence-electron chi connectivity index (χ4n) is 1.23. The van der Waals surface area contributed by atoms with Crippen LogP contribution in [-0.2, 0) is 7.05 Å². The van der Waals surface area contributed by atoms with Gasteiger partial charge in [0.1, 0.15) is 5.65 Å². The number of pyridine rings is 1. The molecule has 0 amide bonds. The lowest BCUT2D eigenvalue weighted by molar-refractivity contribution is 0.828. The molecular weight excluding hydrogens is 250 g/mol. The smallest absolute Gasteiger partial charge is 0.281 e. The highest BCUT2D eigenvalue weighted by molar-refractivity contribution is 9.10. The molecule has 0 saturated heterocycles. The molecule has 2 aromatic rings. The van der Waals surface area contributed by atoms with Crippen LogP contribution in [0.1, 0.15) is 0 Å². The van der Waals surface area contributed by atoms with E-state index in [1.165, 1.54) is 10.8 Å². The first-order chi connectivity index (χ1) is 6.61. The zero-order valence-electron chi connectivity index (χ0n) is 7.24. The summed E-state index contributed by atoms with van der Waals surface area (Å²) in [6.45, 7) is 0. The van der Waals surface area contributed by atoms with E-state index in [4.69, 9.17) is 0 Å². The van der Waals surface area contributed by atoms with Gasteiger partial charge in [-0.2, -0.15) is 0 Å². The second-order valence-corrected chi connectivity index (χ2v) is 3.66. The number of fused-ring (bicyclic) bond motifs is 1. The van der Waals surface area contributed by atoms with Gasteiger partial charge in [0, 0.05) is 17.7 Å². The van der Waals surface area contributed by atoms with Crippen LogP contribution in [0.4, 0.5) is 0 Å². The van der Waals surface area contributed by atoms with Gasteiger partial charge in [0.05, 0.1) is 5.39 Å². The lowest BCUT2D eigenvalue weighted by atomic mass is 10.3. The van der Waals surface area contributed by atoms with Gasteiger partial charge in [0.15, 0.2) is 0 Å². The summed E-state index contributed by atoms with van der Waals surface area (Å²) in [7, 11) is 1.56. The zero-order chi connectivity index (χ0) is 10.3. The van der Waals surface area contributed by atoms with E-state index in [0.29, 0.717) is 15.5 Å².